The van der Waals surface area contributed by atoms with Crippen LogP contribution in [0.5, 0.6) is 0 Å². The van der Waals surface area contributed by atoms with Gasteiger partial charge in [0.15, 0.2) is 0 Å². The van der Waals surface area contributed by atoms with E-state index in [1.807, 2.05) is 24.3 Å². The van der Waals surface area contributed by atoms with Crippen LogP contribution in [0, 0.1) is 0 Å². The van der Waals surface area contributed by atoms with E-state index in [-0.39, 0.29) is 11.9 Å². The van der Waals surface area contributed by atoms with E-state index in [9.17, 15) is 4.79 Å². The van der Waals surface area contributed by atoms with Gasteiger partial charge in [-0.1, -0.05) is 47.8 Å². The van der Waals surface area contributed by atoms with Gasteiger partial charge in [0.2, 0.25) is 5.95 Å². The van der Waals surface area contributed by atoms with Crippen molar-refractivity contribution >= 4 is 40.1 Å². The molecule has 1 saturated heterocycles. The number of nitrogens with zero attached hydrogens (tertiary/aromatic N) is 5. The second-order valence-electron chi connectivity index (χ2n) is 8.30. The second-order valence-corrected chi connectivity index (χ2v) is 9.11. The van der Waals surface area contributed by atoms with E-state index in [1.54, 1.807) is 41.5 Å². The molecule has 9 heteroatoms. The molecule has 3 aromatic heterocycles. The fourth-order valence-electron chi connectivity index (χ4n) is 4.55. The molecule has 7 nitrogen and oxygen atoms in total. The minimum absolute atomic E-state index is 0.0163. The maximum Gasteiger partial charge on any atom is 0.253 e. The third kappa shape index (κ3) is 4.51. The zero-order valence-electron chi connectivity index (χ0n) is 18.5. The molecule has 34 heavy (non-hydrogen) atoms. The molecule has 0 aliphatic carbocycles. The quantitative estimate of drug-likeness (QED) is 0.404. The fraction of sp³-hybridized carbons (Fsp3) is 0.280. The van der Waals surface area contributed by atoms with E-state index >= 15 is 0 Å². The van der Waals surface area contributed by atoms with Crippen molar-refractivity contribution in [3.8, 4) is 5.95 Å². The number of amides is 1. The molecular formula is C25H24Cl2N6O. The van der Waals surface area contributed by atoms with E-state index < -0.39 is 0 Å². The van der Waals surface area contributed by atoms with Gasteiger partial charge in [0.25, 0.3) is 5.91 Å². The van der Waals surface area contributed by atoms with Crippen LogP contribution in [-0.4, -0.2) is 50.0 Å². The monoisotopic (exact) mass is 494 g/mol. The van der Waals surface area contributed by atoms with Crippen LogP contribution in [0.15, 0.2) is 61.2 Å². The number of carbonyl (C=O) groups is 1. The summed E-state index contributed by atoms with van der Waals surface area (Å²) in [6.45, 7) is 2.38. The average molecular weight is 495 g/mol. The summed E-state index contributed by atoms with van der Waals surface area (Å²) in [7, 11) is 0. The summed E-state index contributed by atoms with van der Waals surface area (Å²) in [5.74, 6) is 0.187. The molecule has 1 atom stereocenters. The molecule has 5 rings (SSSR count). The first kappa shape index (κ1) is 22.8. The van der Waals surface area contributed by atoms with Crippen LogP contribution < -0.4 is 5.32 Å². The Bertz CT molecular complexity index is 1300. The number of pyridine rings is 1. The van der Waals surface area contributed by atoms with Crippen molar-refractivity contribution in [1.82, 2.24) is 29.7 Å². The summed E-state index contributed by atoms with van der Waals surface area (Å²) >= 11 is 13.1. The maximum atomic E-state index is 13.5. The van der Waals surface area contributed by atoms with Crippen LogP contribution in [0.2, 0.25) is 10.0 Å². The SMILES string of the molecule is O=C(NCC(c1ccccc1Cl)N1CCCCC1)c1cn(-c2ncccn2)c2nccc(Cl)c12. The number of carbonyl (C=O) groups excluding carboxylic acids is 1. The Morgan fingerprint density at radius 2 is 1.71 bits per heavy atom. The Labute approximate surface area is 207 Å². The topological polar surface area (TPSA) is 75.9 Å². The number of halogens is 2. The normalized spacial score (nSPS) is 15.4. The lowest BCUT2D eigenvalue weighted by Crippen LogP contribution is -2.40. The number of piperidine rings is 1. The summed E-state index contributed by atoms with van der Waals surface area (Å²) in [6, 6.07) is 11.2. The van der Waals surface area contributed by atoms with Crippen molar-refractivity contribution in [3.05, 3.63) is 82.4 Å². The van der Waals surface area contributed by atoms with E-state index in [4.69, 9.17) is 23.2 Å². The van der Waals surface area contributed by atoms with Crippen LogP contribution in [-0.2, 0) is 0 Å². The number of aromatic nitrogens is 4. The largest absolute Gasteiger partial charge is 0.350 e. The molecule has 1 aliphatic rings. The molecule has 4 aromatic rings. The Morgan fingerprint density at radius 3 is 2.47 bits per heavy atom. The fourth-order valence-corrected chi connectivity index (χ4v) is 5.05. The highest BCUT2D eigenvalue weighted by Gasteiger charge is 2.26. The molecule has 1 unspecified atom stereocenters. The molecule has 1 fully saturated rings. The minimum Gasteiger partial charge on any atom is -0.350 e. The van der Waals surface area contributed by atoms with Crippen LogP contribution in [0.25, 0.3) is 17.0 Å². The van der Waals surface area contributed by atoms with Gasteiger partial charge in [-0.2, -0.15) is 0 Å². The van der Waals surface area contributed by atoms with Crippen molar-refractivity contribution in [2.45, 2.75) is 25.3 Å². The summed E-state index contributed by atoms with van der Waals surface area (Å²) in [5, 5.41) is 4.85. The third-order valence-electron chi connectivity index (χ3n) is 6.20. The van der Waals surface area contributed by atoms with Crippen LogP contribution in [0.4, 0.5) is 0 Å². The van der Waals surface area contributed by atoms with Gasteiger partial charge in [-0.05, 0) is 49.7 Å². The third-order valence-corrected chi connectivity index (χ3v) is 6.86. The molecule has 4 heterocycles. The highest BCUT2D eigenvalue weighted by atomic mass is 35.5. The Kier molecular flexibility index (Phi) is 6.76. The molecule has 1 aromatic carbocycles. The lowest BCUT2D eigenvalue weighted by Gasteiger charge is -2.35. The number of likely N-dealkylation sites (tertiary alicyclic amines) is 1. The first-order chi connectivity index (χ1) is 16.6. The van der Waals surface area contributed by atoms with Crippen molar-refractivity contribution in [2.24, 2.45) is 0 Å². The second kappa shape index (κ2) is 10.1. The lowest BCUT2D eigenvalue weighted by atomic mass is 10.0. The van der Waals surface area contributed by atoms with Gasteiger partial charge in [-0.25, -0.2) is 15.0 Å². The van der Waals surface area contributed by atoms with E-state index in [0.29, 0.717) is 39.1 Å². The number of hydrogen-bond acceptors (Lipinski definition) is 5. The van der Waals surface area contributed by atoms with Crippen molar-refractivity contribution < 1.29 is 4.79 Å². The standard InChI is InChI=1S/C25H24Cl2N6O/c26-19-8-3-2-7-17(19)21(32-13-4-1-5-14-32)15-31-24(34)18-16-33(25-29-10-6-11-30-25)23-22(18)20(27)9-12-28-23/h2-3,6-12,16,21H,1,4-5,13-15H2,(H,31,34). The number of nitrogens with one attached hydrogen (secondary N) is 1. The summed E-state index contributed by atoms with van der Waals surface area (Å²) in [4.78, 5) is 28.9. The molecule has 0 spiro atoms. The smallest absolute Gasteiger partial charge is 0.253 e. The van der Waals surface area contributed by atoms with Gasteiger partial charge in [0.1, 0.15) is 5.65 Å². The first-order valence-corrected chi connectivity index (χ1v) is 12.1. The molecule has 174 valence electrons. The molecule has 0 bridgehead atoms. The highest BCUT2D eigenvalue weighted by Crippen LogP contribution is 2.31. The van der Waals surface area contributed by atoms with Crippen LogP contribution in [0.1, 0.15) is 41.2 Å². The zero-order chi connectivity index (χ0) is 23.5. The number of hydrogen-bond donors (Lipinski definition) is 1. The van der Waals surface area contributed by atoms with Gasteiger partial charge in [-0.3, -0.25) is 14.3 Å². The van der Waals surface area contributed by atoms with Crippen LogP contribution in [0.3, 0.4) is 0 Å². The van der Waals surface area contributed by atoms with E-state index in [2.05, 4.69) is 25.2 Å². The molecular weight excluding hydrogens is 471 g/mol. The summed E-state index contributed by atoms with van der Waals surface area (Å²) in [6.07, 6.45) is 10.1. The van der Waals surface area contributed by atoms with Gasteiger partial charge < -0.3 is 5.32 Å². The highest BCUT2D eigenvalue weighted by molar-refractivity contribution is 6.36. The van der Waals surface area contributed by atoms with Crippen molar-refractivity contribution in [1.29, 1.82) is 0 Å². The van der Waals surface area contributed by atoms with Crippen molar-refractivity contribution in [3.63, 3.8) is 0 Å². The van der Waals surface area contributed by atoms with E-state index in [1.165, 1.54) is 6.42 Å². The van der Waals surface area contributed by atoms with Gasteiger partial charge in [0.05, 0.1) is 22.0 Å². The maximum absolute atomic E-state index is 13.5. The van der Waals surface area contributed by atoms with Gasteiger partial charge in [0, 0.05) is 36.4 Å². The summed E-state index contributed by atoms with van der Waals surface area (Å²) < 4.78 is 1.69. The number of benzene rings is 1. The molecule has 1 amide bonds. The Balaban J connectivity index is 1.46. The van der Waals surface area contributed by atoms with Crippen LogP contribution >= 0.6 is 23.2 Å². The van der Waals surface area contributed by atoms with Gasteiger partial charge >= 0.3 is 0 Å². The Hall–Kier alpha value is -3.00. The molecule has 0 radical (unpaired) electrons. The number of rotatable bonds is 6. The molecule has 0 saturated carbocycles. The predicted octanol–water partition coefficient (Wildman–Crippen LogP) is 5.08. The molecule has 1 aliphatic heterocycles. The average Bonchev–Trinajstić information content (AvgIpc) is 3.27. The Morgan fingerprint density at radius 1 is 0.941 bits per heavy atom. The van der Waals surface area contributed by atoms with Gasteiger partial charge in [-0.15, -0.1) is 0 Å². The molecule has 1 N–H and O–H groups in total. The minimum atomic E-state index is -0.233. The number of fused-ring (bicyclic) bond motifs is 1. The summed E-state index contributed by atoms with van der Waals surface area (Å²) in [5.41, 5.74) is 1.98. The lowest BCUT2D eigenvalue weighted by molar-refractivity contribution is 0.0926. The van der Waals surface area contributed by atoms with Crippen molar-refractivity contribution in [2.75, 3.05) is 19.6 Å². The zero-order valence-corrected chi connectivity index (χ0v) is 20.0. The van der Waals surface area contributed by atoms with E-state index in [0.717, 1.165) is 31.5 Å². The predicted molar refractivity (Wildman–Crippen MR) is 134 cm³/mol. The first-order valence-electron chi connectivity index (χ1n) is 11.3.